The topological polar surface area (TPSA) is 51.1 Å². The van der Waals surface area contributed by atoms with Crippen LogP contribution >= 0.6 is 11.6 Å². The van der Waals surface area contributed by atoms with Crippen LogP contribution in [0.3, 0.4) is 0 Å². The molecule has 0 spiro atoms. The normalized spacial score (nSPS) is 10.7. The molecule has 2 aromatic carbocycles. The number of aldehydes is 1. The third-order valence-electron chi connectivity index (χ3n) is 3.44. The molecule has 6 heteroatoms. The van der Waals surface area contributed by atoms with E-state index in [-0.39, 0.29) is 12.5 Å². The number of nitrogens with zero attached hydrogens (tertiary/aromatic N) is 1. The second-order valence-electron chi connectivity index (χ2n) is 5.05. The molecule has 1 heterocycles. The molecule has 3 aromatic rings. The van der Waals surface area contributed by atoms with Crippen LogP contribution < -0.4 is 5.32 Å². The SMILES string of the molecule is O=Cc1cn(CC(=O)Nc2ccc(Cl)cc2)c2ccc(F)cc12. The van der Waals surface area contributed by atoms with Crippen LogP contribution in [0.2, 0.25) is 5.02 Å². The fraction of sp³-hybridized carbons (Fsp3) is 0.0588. The number of anilines is 1. The van der Waals surface area contributed by atoms with Gasteiger partial charge in [-0.1, -0.05) is 11.6 Å². The smallest absolute Gasteiger partial charge is 0.244 e. The third kappa shape index (κ3) is 3.24. The lowest BCUT2D eigenvalue weighted by molar-refractivity contribution is -0.116. The fourth-order valence-electron chi connectivity index (χ4n) is 2.41. The third-order valence-corrected chi connectivity index (χ3v) is 3.69. The molecule has 0 radical (unpaired) electrons. The standard InChI is InChI=1S/C17H12ClFN2O2/c18-12-1-4-14(5-2-12)20-17(23)9-21-8-11(10-22)15-7-13(19)3-6-16(15)21/h1-8,10H,9H2,(H,20,23). The molecule has 0 aliphatic heterocycles. The first-order chi connectivity index (χ1) is 11.1. The van der Waals surface area contributed by atoms with Gasteiger partial charge in [-0.2, -0.15) is 0 Å². The van der Waals surface area contributed by atoms with E-state index in [1.807, 2.05) is 0 Å². The number of hydrogen-bond donors (Lipinski definition) is 1. The lowest BCUT2D eigenvalue weighted by atomic mass is 10.2. The predicted octanol–water partition coefficient (Wildman–Crippen LogP) is 3.89. The number of nitrogens with one attached hydrogen (secondary N) is 1. The largest absolute Gasteiger partial charge is 0.337 e. The van der Waals surface area contributed by atoms with Gasteiger partial charge in [0.15, 0.2) is 6.29 Å². The zero-order valence-electron chi connectivity index (χ0n) is 11.9. The highest BCUT2D eigenvalue weighted by atomic mass is 35.5. The summed E-state index contributed by atoms with van der Waals surface area (Å²) in [6.45, 7) is 0.0125. The van der Waals surface area contributed by atoms with Gasteiger partial charge in [0.05, 0.1) is 0 Å². The number of aromatic nitrogens is 1. The average molecular weight is 331 g/mol. The maximum absolute atomic E-state index is 13.3. The molecule has 3 rings (SSSR count). The molecule has 23 heavy (non-hydrogen) atoms. The van der Waals surface area contributed by atoms with Crippen molar-refractivity contribution in [1.29, 1.82) is 0 Å². The molecule has 0 bridgehead atoms. The first-order valence-corrected chi connectivity index (χ1v) is 7.23. The van der Waals surface area contributed by atoms with Gasteiger partial charge in [0.25, 0.3) is 0 Å². The minimum absolute atomic E-state index is 0.0125. The minimum atomic E-state index is -0.427. The van der Waals surface area contributed by atoms with Gasteiger partial charge in [0.1, 0.15) is 12.4 Å². The van der Waals surface area contributed by atoms with Crippen molar-refractivity contribution in [1.82, 2.24) is 4.57 Å². The molecular weight excluding hydrogens is 319 g/mol. The summed E-state index contributed by atoms with van der Waals surface area (Å²) in [6.07, 6.45) is 2.19. The first-order valence-electron chi connectivity index (χ1n) is 6.86. The quantitative estimate of drug-likeness (QED) is 0.738. The Kier molecular flexibility index (Phi) is 4.12. The van der Waals surface area contributed by atoms with Crippen molar-refractivity contribution < 1.29 is 14.0 Å². The summed E-state index contributed by atoms with van der Waals surface area (Å²) in [7, 11) is 0. The van der Waals surface area contributed by atoms with Crippen molar-refractivity contribution in [2.24, 2.45) is 0 Å². The van der Waals surface area contributed by atoms with Crippen LogP contribution in [0, 0.1) is 5.82 Å². The van der Waals surface area contributed by atoms with Crippen LogP contribution in [0.4, 0.5) is 10.1 Å². The number of carbonyl (C=O) groups excluding carboxylic acids is 2. The molecule has 0 atom stereocenters. The molecule has 0 aliphatic carbocycles. The fourth-order valence-corrected chi connectivity index (χ4v) is 2.54. The Labute approximate surface area is 136 Å². The molecule has 0 unspecified atom stereocenters. The van der Waals surface area contributed by atoms with Gasteiger partial charge in [-0.25, -0.2) is 4.39 Å². The summed E-state index contributed by atoms with van der Waals surface area (Å²) in [5.74, 6) is -0.685. The van der Waals surface area contributed by atoms with Gasteiger partial charge in [-0.3, -0.25) is 9.59 Å². The summed E-state index contributed by atoms with van der Waals surface area (Å²) >= 11 is 5.79. The van der Waals surface area contributed by atoms with E-state index in [0.717, 1.165) is 0 Å². The van der Waals surface area contributed by atoms with E-state index < -0.39 is 5.82 Å². The predicted molar refractivity (Wildman–Crippen MR) is 87.4 cm³/mol. The zero-order valence-corrected chi connectivity index (χ0v) is 12.7. The zero-order chi connectivity index (χ0) is 16.4. The summed E-state index contributed by atoms with van der Waals surface area (Å²) in [6, 6.07) is 10.9. The monoisotopic (exact) mass is 330 g/mol. The molecule has 116 valence electrons. The van der Waals surface area contributed by atoms with Crippen molar-refractivity contribution in [3.8, 4) is 0 Å². The molecule has 0 aliphatic rings. The average Bonchev–Trinajstić information content (AvgIpc) is 2.86. The Morgan fingerprint density at radius 1 is 1.22 bits per heavy atom. The van der Waals surface area contributed by atoms with E-state index in [1.165, 1.54) is 12.1 Å². The van der Waals surface area contributed by atoms with Crippen LogP contribution in [0.15, 0.2) is 48.7 Å². The van der Waals surface area contributed by atoms with Crippen molar-refractivity contribution in [2.75, 3.05) is 5.32 Å². The number of hydrogen-bond acceptors (Lipinski definition) is 2. The van der Waals surface area contributed by atoms with Gasteiger partial charge in [-0.05, 0) is 42.5 Å². The maximum atomic E-state index is 13.3. The lowest BCUT2D eigenvalue weighted by Gasteiger charge is -2.07. The molecule has 0 saturated heterocycles. The number of halogens is 2. The molecule has 0 fully saturated rings. The van der Waals surface area contributed by atoms with Gasteiger partial charge in [0, 0.05) is 33.4 Å². The second-order valence-corrected chi connectivity index (χ2v) is 5.48. The Hall–Kier alpha value is -2.66. The van der Waals surface area contributed by atoms with Crippen LogP contribution in [0.5, 0.6) is 0 Å². The van der Waals surface area contributed by atoms with E-state index in [1.54, 1.807) is 41.1 Å². The van der Waals surface area contributed by atoms with E-state index in [9.17, 15) is 14.0 Å². The second kappa shape index (κ2) is 6.22. The maximum Gasteiger partial charge on any atom is 0.244 e. The summed E-state index contributed by atoms with van der Waals surface area (Å²) in [5, 5.41) is 3.81. The van der Waals surface area contributed by atoms with E-state index in [0.29, 0.717) is 33.5 Å². The number of fused-ring (bicyclic) bond motifs is 1. The highest BCUT2D eigenvalue weighted by Gasteiger charge is 2.12. The summed E-state index contributed by atoms with van der Waals surface area (Å²) in [5.41, 5.74) is 1.59. The number of rotatable bonds is 4. The van der Waals surface area contributed by atoms with E-state index in [4.69, 9.17) is 11.6 Å². The Balaban J connectivity index is 1.84. The van der Waals surface area contributed by atoms with Crippen LogP contribution in [-0.2, 0) is 11.3 Å². The summed E-state index contributed by atoms with van der Waals surface area (Å²) < 4.78 is 14.9. The molecule has 1 N–H and O–H groups in total. The minimum Gasteiger partial charge on any atom is -0.337 e. The molecular formula is C17H12ClFN2O2. The van der Waals surface area contributed by atoms with Crippen molar-refractivity contribution in [3.63, 3.8) is 0 Å². The van der Waals surface area contributed by atoms with E-state index >= 15 is 0 Å². The number of carbonyl (C=O) groups is 2. The van der Waals surface area contributed by atoms with Gasteiger partial charge in [0.2, 0.25) is 5.91 Å². The van der Waals surface area contributed by atoms with Crippen LogP contribution in [0.1, 0.15) is 10.4 Å². The molecule has 0 saturated carbocycles. The first kappa shape index (κ1) is 15.2. The van der Waals surface area contributed by atoms with Gasteiger partial charge in [-0.15, -0.1) is 0 Å². The van der Waals surface area contributed by atoms with Crippen molar-refractivity contribution in [3.05, 3.63) is 65.1 Å². The Bertz CT molecular complexity index is 887. The lowest BCUT2D eigenvalue weighted by Crippen LogP contribution is -2.18. The van der Waals surface area contributed by atoms with Gasteiger partial charge < -0.3 is 9.88 Å². The Morgan fingerprint density at radius 3 is 2.65 bits per heavy atom. The number of amides is 1. The molecule has 1 amide bonds. The molecule has 4 nitrogen and oxygen atoms in total. The van der Waals surface area contributed by atoms with Crippen LogP contribution in [-0.4, -0.2) is 16.8 Å². The molecule has 1 aromatic heterocycles. The number of benzene rings is 2. The highest BCUT2D eigenvalue weighted by Crippen LogP contribution is 2.21. The summed E-state index contributed by atoms with van der Waals surface area (Å²) in [4.78, 5) is 23.3. The Morgan fingerprint density at radius 2 is 1.96 bits per heavy atom. The van der Waals surface area contributed by atoms with Crippen molar-refractivity contribution in [2.45, 2.75) is 6.54 Å². The highest BCUT2D eigenvalue weighted by molar-refractivity contribution is 6.30. The van der Waals surface area contributed by atoms with E-state index in [2.05, 4.69) is 5.32 Å². The van der Waals surface area contributed by atoms with Crippen LogP contribution in [0.25, 0.3) is 10.9 Å². The van der Waals surface area contributed by atoms with Gasteiger partial charge >= 0.3 is 0 Å². The van der Waals surface area contributed by atoms with Crippen molar-refractivity contribution >= 4 is 40.4 Å².